The molecule has 0 atom stereocenters. The summed E-state index contributed by atoms with van der Waals surface area (Å²) in [6, 6.07) is 11.1. The van der Waals surface area contributed by atoms with Crippen LogP contribution in [0.5, 0.6) is 0 Å². The number of hydrogen-bond acceptors (Lipinski definition) is 6. The highest BCUT2D eigenvalue weighted by atomic mass is 35.5. The van der Waals surface area contributed by atoms with E-state index in [1.54, 1.807) is 37.3 Å². The number of thioether (sulfide) groups is 1. The van der Waals surface area contributed by atoms with Crippen LogP contribution in [0.15, 0.2) is 53.2 Å². The van der Waals surface area contributed by atoms with E-state index < -0.39 is 0 Å². The first kappa shape index (κ1) is 22.9. The lowest BCUT2D eigenvalue weighted by molar-refractivity contribution is -0.142. The number of amides is 1. The summed E-state index contributed by atoms with van der Waals surface area (Å²) in [6.45, 7) is 6.13. The molecule has 8 heteroatoms. The number of nitrogens with one attached hydrogen (secondary N) is 2. The number of ether oxygens (including phenoxy) is 1. The summed E-state index contributed by atoms with van der Waals surface area (Å²) in [5.74, 6) is -0.374. The van der Waals surface area contributed by atoms with Crippen LogP contribution in [0.2, 0.25) is 5.02 Å². The molecule has 162 valence electrons. The van der Waals surface area contributed by atoms with Crippen molar-refractivity contribution in [1.82, 2.24) is 0 Å². The number of carbonyl (C=O) groups excluding carboxylic acids is 2. The summed E-state index contributed by atoms with van der Waals surface area (Å²) < 4.78 is 5.08. The number of fused-ring (bicyclic) bond motifs is 1. The standard InChI is InChI=1S/C23H24ClN3O3S/c1-4-30-23(29)12-16-11-22(27-20-10-15(3)14(2)9-19(20)25-16)31-13-21(28)26-18-8-6-5-7-17(18)24/h5-11,25H,4,12-13H2,1-3H3,(H,26,28). The van der Waals surface area contributed by atoms with Gasteiger partial charge in [0, 0.05) is 5.70 Å². The van der Waals surface area contributed by atoms with E-state index >= 15 is 0 Å². The number of hydrogen-bond donors (Lipinski definition) is 2. The van der Waals surface area contributed by atoms with Crippen molar-refractivity contribution < 1.29 is 14.3 Å². The molecule has 3 rings (SSSR count). The van der Waals surface area contributed by atoms with Gasteiger partial charge in [0.2, 0.25) is 5.91 Å². The molecule has 0 bridgehead atoms. The fraction of sp³-hybridized carbons (Fsp3) is 0.261. The van der Waals surface area contributed by atoms with Crippen LogP contribution in [0.1, 0.15) is 24.5 Å². The zero-order chi connectivity index (χ0) is 22.4. The summed E-state index contributed by atoms with van der Waals surface area (Å²) in [6.07, 6.45) is 1.88. The lowest BCUT2D eigenvalue weighted by Gasteiger charge is -2.12. The Bertz CT molecular complexity index is 1070. The number of aliphatic imine (C=N–C) groups is 1. The summed E-state index contributed by atoms with van der Waals surface area (Å²) in [5, 5.41) is 7.21. The Morgan fingerprint density at radius 1 is 1.19 bits per heavy atom. The van der Waals surface area contributed by atoms with E-state index in [1.165, 1.54) is 11.8 Å². The number of rotatable bonds is 6. The first-order chi connectivity index (χ1) is 14.9. The SMILES string of the molecule is CCOC(=O)CC1=CC(SCC(=O)Nc2ccccc2Cl)=Nc2cc(C)c(C)cc2N1. The molecule has 0 spiro atoms. The lowest BCUT2D eigenvalue weighted by atomic mass is 10.1. The Kier molecular flexibility index (Phi) is 7.76. The van der Waals surface area contributed by atoms with Crippen molar-refractivity contribution in [3.63, 3.8) is 0 Å². The smallest absolute Gasteiger partial charge is 0.311 e. The fourth-order valence-corrected chi connectivity index (χ4v) is 3.85. The van der Waals surface area contributed by atoms with Crippen molar-refractivity contribution in [1.29, 1.82) is 0 Å². The van der Waals surface area contributed by atoms with Crippen LogP contribution < -0.4 is 10.6 Å². The van der Waals surface area contributed by atoms with Crippen molar-refractivity contribution >= 4 is 57.3 Å². The Hall–Kier alpha value is -2.77. The molecular formula is C23H24ClN3O3S. The number of esters is 1. The van der Waals surface area contributed by atoms with Crippen LogP contribution in [0.4, 0.5) is 17.1 Å². The van der Waals surface area contributed by atoms with E-state index in [4.69, 9.17) is 21.3 Å². The number of aryl methyl sites for hydroxylation is 2. The first-order valence-electron chi connectivity index (χ1n) is 9.86. The van der Waals surface area contributed by atoms with Gasteiger partial charge < -0.3 is 15.4 Å². The predicted octanol–water partition coefficient (Wildman–Crippen LogP) is 5.62. The highest BCUT2D eigenvalue weighted by molar-refractivity contribution is 8.14. The van der Waals surface area contributed by atoms with Gasteiger partial charge in [0.25, 0.3) is 0 Å². The summed E-state index contributed by atoms with van der Waals surface area (Å²) in [5.41, 5.74) is 5.03. The summed E-state index contributed by atoms with van der Waals surface area (Å²) >= 11 is 7.40. The fourth-order valence-electron chi connectivity index (χ4n) is 2.93. The number of para-hydroxylation sites is 1. The van der Waals surface area contributed by atoms with E-state index in [9.17, 15) is 9.59 Å². The second-order valence-corrected chi connectivity index (χ2v) is 8.40. The van der Waals surface area contributed by atoms with Gasteiger partial charge in [-0.15, -0.1) is 0 Å². The molecule has 1 aliphatic heterocycles. The lowest BCUT2D eigenvalue weighted by Crippen LogP contribution is -2.15. The number of anilines is 2. The molecule has 2 aromatic rings. The van der Waals surface area contributed by atoms with E-state index in [2.05, 4.69) is 10.6 Å². The molecule has 2 N–H and O–H groups in total. The van der Waals surface area contributed by atoms with Crippen LogP contribution in [-0.2, 0) is 14.3 Å². The Morgan fingerprint density at radius 2 is 1.94 bits per heavy atom. The van der Waals surface area contributed by atoms with E-state index in [-0.39, 0.29) is 24.1 Å². The third kappa shape index (κ3) is 6.35. The van der Waals surface area contributed by atoms with Crippen LogP contribution in [0, 0.1) is 13.8 Å². The molecule has 1 aliphatic rings. The maximum atomic E-state index is 12.4. The van der Waals surface area contributed by atoms with Crippen molar-refractivity contribution in [2.75, 3.05) is 23.0 Å². The number of nitrogens with zero attached hydrogens (tertiary/aromatic N) is 1. The van der Waals surface area contributed by atoms with Gasteiger partial charge in [-0.1, -0.05) is 35.5 Å². The maximum Gasteiger partial charge on any atom is 0.311 e. The predicted molar refractivity (Wildman–Crippen MR) is 129 cm³/mol. The molecule has 0 saturated carbocycles. The van der Waals surface area contributed by atoms with Gasteiger partial charge in [-0.3, -0.25) is 9.59 Å². The van der Waals surface area contributed by atoms with E-state index in [1.807, 2.05) is 26.0 Å². The molecule has 2 aromatic carbocycles. The van der Waals surface area contributed by atoms with Gasteiger partial charge in [0.15, 0.2) is 0 Å². The second kappa shape index (κ2) is 10.5. The van der Waals surface area contributed by atoms with Gasteiger partial charge in [-0.25, -0.2) is 4.99 Å². The van der Waals surface area contributed by atoms with Crippen molar-refractivity contribution in [2.45, 2.75) is 27.2 Å². The van der Waals surface area contributed by atoms with Crippen LogP contribution in [0.3, 0.4) is 0 Å². The maximum absolute atomic E-state index is 12.4. The molecule has 0 unspecified atom stereocenters. The van der Waals surface area contributed by atoms with E-state index in [0.717, 1.165) is 22.5 Å². The molecule has 0 aliphatic carbocycles. The molecule has 0 saturated heterocycles. The minimum atomic E-state index is -0.325. The monoisotopic (exact) mass is 457 g/mol. The number of carbonyl (C=O) groups is 2. The molecule has 0 aromatic heterocycles. The van der Waals surface area contributed by atoms with Crippen molar-refractivity contribution in [3.8, 4) is 0 Å². The van der Waals surface area contributed by atoms with Crippen LogP contribution >= 0.6 is 23.4 Å². The van der Waals surface area contributed by atoms with Crippen LogP contribution in [-0.4, -0.2) is 29.3 Å². The molecule has 1 heterocycles. The first-order valence-corrected chi connectivity index (χ1v) is 11.2. The molecule has 31 heavy (non-hydrogen) atoms. The normalized spacial score (nSPS) is 12.6. The highest BCUT2D eigenvalue weighted by Gasteiger charge is 2.17. The van der Waals surface area contributed by atoms with Gasteiger partial charge in [0.05, 0.1) is 45.9 Å². The Labute approximate surface area is 191 Å². The molecule has 6 nitrogen and oxygen atoms in total. The van der Waals surface area contributed by atoms with Crippen molar-refractivity contribution in [2.24, 2.45) is 4.99 Å². The number of halogens is 1. The average molecular weight is 458 g/mol. The molecule has 1 amide bonds. The minimum Gasteiger partial charge on any atom is -0.466 e. The van der Waals surface area contributed by atoms with Gasteiger partial charge in [0.1, 0.15) is 0 Å². The highest BCUT2D eigenvalue weighted by Crippen LogP contribution is 2.34. The second-order valence-electron chi connectivity index (χ2n) is 7.00. The van der Waals surface area contributed by atoms with Crippen molar-refractivity contribution in [3.05, 3.63) is 64.3 Å². The largest absolute Gasteiger partial charge is 0.466 e. The summed E-state index contributed by atoms with van der Waals surface area (Å²) in [7, 11) is 0. The summed E-state index contributed by atoms with van der Waals surface area (Å²) in [4.78, 5) is 29.2. The van der Waals surface area contributed by atoms with E-state index in [0.29, 0.717) is 28.1 Å². The van der Waals surface area contributed by atoms with Gasteiger partial charge in [-0.05, 0) is 62.2 Å². The Morgan fingerprint density at radius 3 is 2.68 bits per heavy atom. The quantitative estimate of drug-likeness (QED) is 0.550. The zero-order valence-electron chi connectivity index (χ0n) is 17.6. The molecular weight excluding hydrogens is 434 g/mol. The third-order valence-corrected chi connectivity index (χ3v) is 5.82. The third-order valence-electron chi connectivity index (χ3n) is 4.57. The minimum absolute atomic E-state index is 0.0889. The van der Waals surface area contributed by atoms with Gasteiger partial charge in [-0.2, -0.15) is 0 Å². The number of benzene rings is 2. The Balaban J connectivity index is 1.79. The zero-order valence-corrected chi connectivity index (χ0v) is 19.2. The average Bonchev–Trinajstić information content (AvgIpc) is 2.87. The molecule has 0 radical (unpaired) electrons. The molecule has 0 fully saturated rings. The topological polar surface area (TPSA) is 79.8 Å². The van der Waals surface area contributed by atoms with Gasteiger partial charge >= 0.3 is 5.97 Å². The van der Waals surface area contributed by atoms with Crippen LogP contribution in [0.25, 0.3) is 0 Å².